The highest BCUT2D eigenvalue weighted by atomic mass is 15.2. The number of hydrogen-bond donors (Lipinski definition) is 1. The van der Waals surface area contributed by atoms with Crippen LogP contribution >= 0.6 is 0 Å². The van der Waals surface area contributed by atoms with Gasteiger partial charge in [-0.3, -0.25) is 0 Å². The molecule has 1 N–H and O–H groups in total. The van der Waals surface area contributed by atoms with Gasteiger partial charge in [-0.05, 0) is 63.7 Å². The Labute approximate surface area is 128 Å². The second-order valence-electron chi connectivity index (χ2n) is 6.05. The van der Waals surface area contributed by atoms with Gasteiger partial charge in [0.05, 0.1) is 5.56 Å². The summed E-state index contributed by atoms with van der Waals surface area (Å²) < 4.78 is 0. The van der Waals surface area contributed by atoms with Crippen LogP contribution in [0.25, 0.3) is 0 Å². The summed E-state index contributed by atoms with van der Waals surface area (Å²) in [6.07, 6.45) is 3.58. The van der Waals surface area contributed by atoms with Gasteiger partial charge in [-0.25, -0.2) is 4.98 Å². The lowest BCUT2D eigenvalue weighted by Crippen LogP contribution is -2.39. The molecule has 0 aromatic carbocycles. The monoisotopic (exact) mass is 286 g/mol. The zero-order valence-corrected chi connectivity index (χ0v) is 13.4. The van der Waals surface area contributed by atoms with Gasteiger partial charge in [0.15, 0.2) is 0 Å². The first-order valence-electron chi connectivity index (χ1n) is 7.99. The maximum Gasteiger partial charge on any atom is 0.147 e. The van der Waals surface area contributed by atoms with Gasteiger partial charge < -0.3 is 10.2 Å². The third-order valence-corrected chi connectivity index (χ3v) is 4.11. The van der Waals surface area contributed by atoms with E-state index in [1.54, 1.807) is 0 Å². The van der Waals surface area contributed by atoms with E-state index in [1.165, 1.54) is 12.8 Å². The number of nitrogens with zero attached hydrogens (tertiary/aromatic N) is 3. The molecular formula is C17H26N4. The summed E-state index contributed by atoms with van der Waals surface area (Å²) in [6.45, 7) is 10.3. The Kier molecular flexibility index (Phi) is 5.58. The van der Waals surface area contributed by atoms with E-state index in [0.29, 0.717) is 5.92 Å². The van der Waals surface area contributed by atoms with Crippen molar-refractivity contribution in [2.24, 2.45) is 5.92 Å². The highest BCUT2D eigenvalue weighted by Gasteiger charge is 2.20. The maximum atomic E-state index is 9.48. The molecule has 0 spiro atoms. The average molecular weight is 286 g/mol. The van der Waals surface area contributed by atoms with Crippen molar-refractivity contribution in [2.75, 3.05) is 31.1 Å². The molecule has 0 amide bonds. The van der Waals surface area contributed by atoms with Crippen molar-refractivity contribution < 1.29 is 0 Å². The van der Waals surface area contributed by atoms with E-state index in [-0.39, 0.29) is 0 Å². The van der Waals surface area contributed by atoms with Crippen molar-refractivity contribution in [3.05, 3.63) is 22.9 Å². The summed E-state index contributed by atoms with van der Waals surface area (Å²) in [4.78, 5) is 6.99. The molecule has 2 heterocycles. The number of hydrogen-bond acceptors (Lipinski definition) is 4. The molecule has 0 radical (unpaired) electrons. The number of pyridine rings is 1. The van der Waals surface area contributed by atoms with Crippen LogP contribution in [-0.2, 0) is 0 Å². The number of piperidine rings is 1. The minimum absolute atomic E-state index is 0.652. The molecule has 0 bridgehead atoms. The molecule has 1 unspecified atom stereocenters. The number of nitrogens with one attached hydrogen (secondary N) is 1. The number of nitriles is 1. The average Bonchev–Trinajstić information content (AvgIpc) is 2.47. The molecule has 1 atom stereocenters. The van der Waals surface area contributed by atoms with E-state index in [1.807, 2.05) is 19.9 Å². The number of aryl methyl sites for hydroxylation is 2. The van der Waals surface area contributed by atoms with Crippen LogP contribution in [0.5, 0.6) is 0 Å². The largest absolute Gasteiger partial charge is 0.355 e. The molecule has 1 aromatic rings. The van der Waals surface area contributed by atoms with E-state index >= 15 is 0 Å². The summed E-state index contributed by atoms with van der Waals surface area (Å²) in [5.74, 6) is 1.53. The smallest absolute Gasteiger partial charge is 0.147 e. The lowest BCUT2D eigenvalue weighted by molar-refractivity contribution is 0.376. The van der Waals surface area contributed by atoms with Crippen LogP contribution in [0.4, 0.5) is 5.82 Å². The third-order valence-electron chi connectivity index (χ3n) is 4.11. The number of rotatable bonds is 5. The van der Waals surface area contributed by atoms with Crippen LogP contribution in [0.3, 0.4) is 0 Å². The van der Waals surface area contributed by atoms with Crippen molar-refractivity contribution >= 4 is 5.82 Å². The quantitative estimate of drug-likeness (QED) is 0.904. The van der Waals surface area contributed by atoms with Crippen molar-refractivity contribution in [1.82, 2.24) is 10.3 Å². The Balaban J connectivity index is 2.26. The van der Waals surface area contributed by atoms with Crippen LogP contribution < -0.4 is 10.2 Å². The van der Waals surface area contributed by atoms with Gasteiger partial charge in [-0.1, -0.05) is 6.92 Å². The van der Waals surface area contributed by atoms with E-state index < -0.39 is 0 Å². The molecule has 21 heavy (non-hydrogen) atoms. The third kappa shape index (κ3) is 3.95. The SMILES string of the molecule is CCCN(CC1CCCNC1)c1nc(C)cc(C)c1C#N. The van der Waals surface area contributed by atoms with Crippen molar-refractivity contribution in [3.8, 4) is 6.07 Å². The maximum absolute atomic E-state index is 9.48. The molecular weight excluding hydrogens is 260 g/mol. The molecule has 1 aliphatic rings. The standard InChI is InChI=1S/C17H26N4/c1-4-8-21(12-15-6-5-7-19-11-15)17-16(10-18)13(2)9-14(3)20-17/h9,15,19H,4-8,11-12H2,1-3H3. The lowest BCUT2D eigenvalue weighted by atomic mass is 9.98. The topological polar surface area (TPSA) is 52.0 Å². The first-order valence-corrected chi connectivity index (χ1v) is 7.99. The molecule has 4 heteroatoms. The summed E-state index contributed by atoms with van der Waals surface area (Å²) in [6, 6.07) is 4.34. The van der Waals surface area contributed by atoms with Crippen molar-refractivity contribution in [1.29, 1.82) is 5.26 Å². The van der Waals surface area contributed by atoms with Gasteiger partial charge in [0.2, 0.25) is 0 Å². The molecule has 1 saturated heterocycles. The molecule has 114 valence electrons. The predicted molar refractivity (Wildman–Crippen MR) is 86.5 cm³/mol. The van der Waals surface area contributed by atoms with Gasteiger partial charge in [0.25, 0.3) is 0 Å². The Morgan fingerprint density at radius 2 is 2.29 bits per heavy atom. The van der Waals surface area contributed by atoms with Gasteiger partial charge in [-0.2, -0.15) is 5.26 Å². The Morgan fingerprint density at radius 3 is 2.90 bits per heavy atom. The zero-order valence-electron chi connectivity index (χ0n) is 13.4. The normalized spacial score (nSPS) is 18.3. The lowest BCUT2D eigenvalue weighted by Gasteiger charge is -2.31. The first-order chi connectivity index (χ1) is 10.2. The fourth-order valence-corrected chi connectivity index (χ4v) is 3.13. The van der Waals surface area contributed by atoms with Gasteiger partial charge in [0, 0.05) is 18.8 Å². The molecule has 0 saturated carbocycles. The fourth-order valence-electron chi connectivity index (χ4n) is 3.13. The molecule has 1 fully saturated rings. The second kappa shape index (κ2) is 7.42. The highest BCUT2D eigenvalue weighted by molar-refractivity contribution is 5.58. The number of anilines is 1. The van der Waals surface area contributed by atoms with E-state index in [9.17, 15) is 5.26 Å². The van der Waals surface area contributed by atoms with Gasteiger partial charge >= 0.3 is 0 Å². The van der Waals surface area contributed by atoms with Crippen LogP contribution in [0.15, 0.2) is 6.07 Å². The Morgan fingerprint density at radius 1 is 1.48 bits per heavy atom. The van der Waals surface area contributed by atoms with E-state index in [4.69, 9.17) is 0 Å². The predicted octanol–water partition coefficient (Wildman–Crippen LogP) is 2.79. The van der Waals surface area contributed by atoms with Crippen LogP contribution in [0, 0.1) is 31.1 Å². The zero-order chi connectivity index (χ0) is 15.2. The fraction of sp³-hybridized carbons (Fsp3) is 0.647. The summed E-state index contributed by atoms with van der Waals surface area (Å²) >= 11 is 0. The van der Waals surface area contributed by atoms with Crippen LogP contribution in [0.1, 0.15) is 43.0 Å². The van der Waals surface area contributed by atoms with Crippen molar-refractivity contribution in [2.45, 2.75) is 40.0 Å². The molecule has 4 nitrogen and oxygen atoms in total. The minimum Gasteiger partial charge on any atom is -0.355 e. The van der Waals surface area contributed by atoms with Crippen molar-refractivity contribution in [3.63, 3.8) is 0 Å². The molecule has 2 rings (SSSR count). The van der Waals surface area contributed by atoms with E-state index in [0.717, 1.165) is 55.2 Å². The summed E-state index contributed by atoms with van der Waals surface area (Å²) in [7, 11) is 0. The summed E-state index contributed by atoms with van der Waals surface area (Å²) in [5.41, 5.74) is 2.75. The molecule has 0 aliphatic carbocycles. The Hall–Kier alpha value is -1.60. The van der Waals surface area contributed by atoms with Gasteiger partial charge in [-0.15, -0.1) is 0 Å². The minimum atomic E-state index is 0.652. The number of aromatic nitrogens is 1. The van der Waals surface area contributed by atoms with Crippen LogP contribution in [-0.4, -0.2) is 31.2 Å². The van der Waals surface area contributed by atoms with Gasteiger partial charge in [0.1, 0.15) is 11.9 Å². The molecule has 1 aromatic heterocycles. The summed E-state index contributed by atoms with van der Waals surface area (Å²) in [5, 5.41) is 13.0. The molecule has 1 aliphatic heterocycles. The first kappa shape index (κ1) is 15.8. The Bertz CT molecular complexity index is 512. The second-order valence-corrected chi connectivity index (χ2v) is 6.05. The van der Waals surface area contributed by atoms with Crippen LogP contribution in [0.2, 0.25) is 0 Å². The van der Waals surface area contributed by atoms with E-state index in [2.05, 4.69) is 28.2 Å². The highest BCUT2D eigenvalue weighted by Crippen LogP contribution is 2.24.